The molecule has 2 rings (SSSR count). The Labute approximate surface area is 138 Å². The summed E-state index contributed by atoms with van der Waals surface area (Å²) in [5.74, 6) is -0.176. The first-order valence-corrected chi connectivity index (χ1v) is 8.15. The van der Waals surface area contributed by atoms with Gasteiger partial charge in [-0.05, 0) is 75.4 Å². The third-order valence-electron chi connectivity index (χ3n) is 5.41. The molecule has 0 heterocycles. The zero-order valence-electron chi connectivity index (χ0n) is 14.6. The fourth-order valence-corrected chi connectivity index (χ4v) is 3.74. The summed E-state index contributed by atoms with van der Waals surface area (Å²) >= 11 is 0. The Balaban J connectivity index is 2.23. The van der Waals surface area contributed by atoms with Gasteiger partial charge in [0.05, 0.1) is 0 Å². The fraction of sp³-hybridized carbons (Fsp3) is 0.611. The molecule has 5 heteroatoms. The molecule has 4 nitrogen and oxygen atoms in total. The van der Waals surface area contributed by atoms with Gasteiger partial charge in [0.15, 0.2) is 0 Å². The minimum atomic E-state index is -0.476. The number of hydrogen-bond donors (Lipinski definition) is 2. The molecule has 0 atom stereocenters. The fourth-order valence-electron chi connectivity index (χ4n) is 3.74. The molecule has 1 fully saturated rings. The van der Waals surface area contributed by atoms with Crippen molar-refractivity contribution in [3.8, 4) is 0 Å². The van der Waals surface area contributed by atoms with Crippen LogP contribution in [-0.4, -0.2) is 31.6 Å². The molecule has 1 aliphatic rings. The van der Waals surface area contributed by atoms with Crippen molar-refractivity contribution in [2.24, 2.45) is 11.1 Å². The van der Waals surface area contributed by atoms with Crippen LogP contribution in [-0.2, 0) is 5.54 Å². The second kappa shape index (κ2) is 6.48. The van der Waals surface area contributed by atoms with Gasteiger partial charge in [-0.25, -0.2) is 9.18 Å². The van der Waals surface area contributed by atoms with Crippen LogP contribution in [0, 0.1) is 18.2 Å². The number of carbonyl (C=O) groups is 1. The number of nitrogens with two attached hydrogens (primary N) is 1. The summed E-state index contributed by atoms with van der Waals surface area (Å²) in [5.41, 5.74) is 7.07. The van der Waals surface area contributed by atoms with Crippen LogP contribution < -0.4 is 11.1 Å². The van der Waals surface area contributed by atoms with Gasteiger partial charge >= 0.3 is 6.03 Å². The number of primary amides is 1. The largest absolute Gasteiger partial charge is 0.352 e. The SMILES string of the molecule is Cc1cc(F)cc(C2(N(C)C)CCC(C)(CNC(N)=O)CC2)c1. The molecular weight excluding hydrogens is 293 g/mol. The van der Waals surface area contributed by atoms with E-state index < -0.39 is 6.03 Å². The van der Waals surface area contributed by atoms with Gasteiger partial charge in [-0.1, -0.05) is 13.0 Å². The molecule has 1 saturated carbocycles. The maximum atomic E-state index is 13.9. The van der Waals surface area contributed by atoms with Crippen LogP contribution in [0.5, 0.6) is 0 Å². The molecule has 1 aromatic carbocycles. The molecule has 23 heavy (non-hydrogen) atoms. The molecule has 1 aliphatic carbocycles. The number of halogens is 1. The number of amides is 2. The molecule has 3 N–H and O–H groups in total. The first-order chi connectivity index (χ1) is 10.7. The minimum absolute atomic E-state index is 0.0386. The smallest absolute Gasteiger partial charge is 0.312 e. The van der Waals surface area contributed by atoms with Crippen molar-refractivity contribution in [2.45, 2.75) is 45.1 Å². The van der Waals surface area contributed by atoms with Gasteiger partial charge in [-0.15, -0.1) is 0 Å². The van der Waals surface area contributed by atoms with Crippen LogP contribution in [0.3, 0.4) is 0 Å². The maximum Gasteiger partial charge on any atom is 0.312 e. The van der Waals surface area contributed by atoms with E-state index in [0.717, 1.165) is 36.8 Å². The predicted octanol–water partition coefficient (Wildman–Crippen LogP) is 3.14. The number of aryl methyl sites for hydroxylation is 1. The molecule has 0 aromatic heterocycles. The Hall–Kier alpha value is -1.62. The van der Waals surface area contributed by atoms with E-state index in [1.807, 2.05) is 6.92 Å². The minimum Gasteiger partial charge on any atom is -0.352 e. The number of rotatable bonds is 4. The Kier molecular flexibility index (Phi) is 4.99. The van der Waals surface area contributed by atoms with Crippen LogP contribution in [0.2, 0.25) is 0 Å². The lowest BCUT2D eigenvalue weighted by molar-refractivity contribution is 0.0434. The Morgan fingerprint density at radius 1 is 1.26 bits per heavy atom. The van der Waals surface area contributed by atoms with Gasteiger partial charge in [0, 0.05) is 12.1 Å². The topological polar surface area (TPSA) is 58.4 Å². The summed E-state index contributed by atoms with van der Waals surface area (Å²) < 4.78 is 13.9. The first-order valence-electron chi connectivity index (χ1n) is 8.15. The highest BCUT2D eigenvalue weighted by molar-refractivity contribution is 5.71. The van der Waals surface area contributed by atoms with E-state index in [2.05, 4.69) is 37.3 Å². The van der Waals surface area contributed by atoms with Gasteiger partial charge in [-0.3, -0.25) is 4.90 Å². The van der Waals surface area contributed by atoms with E-state index in [1.165, 1.54) is 0 Å². The van der Waals surface area contributed by atoms with Crippen molar-refractivity contribution in [1.29, 1.82) is 0 Å². The number of benzene rings is 1. The van der Waals surface area contributed by atoms with Crippen LogP contribution in [0.25, 0.3) is 0 Å². The molecule has 0 aliphatic heterocycles. The van der Waals surface area contributed by atoms with E-state index >= 15 is 0 Å². The molecule has 2 amide bonds. The van der Waals surface area contributed by atoms with Crippen LogP contribution >= 0.6 is 0 Å². The monoisotopic (exact) mass is 321 g/mol. The van der Waals surface area contributed by atoms with Crippen LogP contribution in [0.4, 0.5) is 9.18 Å². The van der Waals surface area contributed by atoms with Gasteiger partial charge in [-0.2, -0.15) is 0 Å². The molecular formula is C18H28FN3O. The molecule has 0 bridgehead atoms. The molecule has 0 saturated heterocycles. The first kappa shape index (κ1) is 17.7. The van der Waals surface area contributed by atoms with E-state index in [9.17, 15) is 9.18 Å². The number of nitrogens with zero attached hydrogens (tertiary/aromatic N) is 1. The Bertz CT molecular complexity index is 557. The summed E-state index contributed by atoms with van der Waals surface area (Å²) in [5, 5.41) is 2.74. The predicted molar refractivity (Wildman–Crippen MR) is 90.7 cm³/mol. The number of urea groups is 1. The Morgan fingerprint density at radius 2 is 1.87 bits per heavy atom. The van der Waals surface area contributed by atoms with Crippen molar-refractivity contribution in [2.75, 3.05) is 20.6 Å². The maximum absolute atomic E-state index is 13.9. The zero-order valence-corrected chi connectivity index (χ0v) is 14.6. The van der Waals surface area contributed by atoms with E-state index in [4.69, 9.17) is 5.73 Å². The van der Waals surface area contributed by atoms with Gasteiger partial charge in [0.2, 0.25) is 0 Å². The standard InChI is InChI=1S/C18H28FN3O/c1-13-9-14(11-15(19)10-13)18(22(3)4)7-5-17(2,6-8-18)12-21-16(20)23/h9-11H,5-8,12H2,1-4H3,(H3,20,21,23). The number of nitrogens with one attached hydrogen (secondary N) is 1. The zero-order chi connectivity index (χ0) is 17.3. The normalized spacial score (nSPS) is 27.9. The number of carbonyl (C=O) groups excluding carboxylic acids is 1. The van der Waals surface area contributed by atoms with Gasteiger partial charge in [0.25, 0.3) is 0 Å². The summed E-state index contributed by atoms with van der Waals surface area (Å²) in [7, 11) is 4.12. The second-order valence-electron chi connectivity index (χ2n) is 7.47. The molecule has 0 spiro atoms. The van der Waals surface area contributed by atoms with Gasteiger partial charge < -0.3 is 11.1 Å². The highest BCUT2D eigenvalue weighted by Gasteiger charge is 2.43. The molecule has 128 valence electrons. The van der Waals surface area contributed by atoms with Crippen molar-refractivity contribution in [3.63, 3.8) is 0 Å². The quantitative estimate of drug-likeness (QED) is 0.895. The van der Waals surface area contributed by atoms with Gasteiger partial charge in [0.1, 0.15) is 5.82 Å². The summed E-state index contributed by atoms with van der Waals surface area (Å²) in [6.07, 6.45) is 3.78. The van der Waals surface area contributed by atoms with E-state index in [1.54, 1.807) is 12.1 Å². The molecule has 0 radical (unpaired) electrons. The van der Waals surface area contributed by atoms with Crippen LogP contribution in [0.1, 0.15) is 43.7 Å². The molecule has 1 aromatic rings. The highest BCUT2D eigenvalue weighted by atomic mass is 19.1. The lowest BCUT2D eigenvalue weighted by atomic mass is 9.65. The third-order valence-corrected chi connectivity index (χ3v) is 5.41. The number of hydrogen-bond acceptors (Lipinski definition) is 2. The van der Waals surface area contributed by atoms with Crippen molar-refractivity contribution in [1.82, 2.24) is 10.2 Å². The lowest BCUT2D eigenvalue weighted by Crippen LogP contribution is -2.49. The van der Waals surface area contributed by atoms with E-state index in [0.29, 0.717) is 6.54 Å². The average molecular weight is 321 g/mol. The van der Waals surface area contributed by atoms with Crippen LogP contribution in [0.15, 0.2) is 18.2 Å². The summed E-state index contributed by atoms with van der Waals surface area (Å²) in [6, 6.07) is 4.85. The second-order valence-corrected chi connectivity index (χ2v) is 7.47. The van der Waals surface area contributed by atoms with Crippen molar-refractivity contribution >= 4 is 6.03 Å². The summed E-state index contributed by atoms with van der Waals surface area (Å²) in [6.45, 7) is 4.70. The van der Waals surface area contributed by atoms with Crippen molar-refractivity contribution < 1.29 is 9.18 Å². The average Bonchev–Trinajstić information content (AvgIpc) is 2.45. The highest BCUT2D eigenvalue weighted by Crippen LogP contribution is 2.48. The lowest BCUT2D eigenvalue weighted by Gasteiger charge is -2.49. The molecule has 0 unspecified atom stereocenters. The third kappa shape index (κ3) is 3.83. The summed E-state index contributed by atoms with van der Waals surface area (Å²) in [4.78, 5) is 13.2. The van der Waals surface area contributed by atoms with E-state index in [-0.39, 0.29) is 16.8 Å². The van der Waals surface area contributed by atoms with Crippen molar-refractivity contribution in [3.05, 3.63) is 35.1 Å². The Morgan fingerprint density at radius 3 is 2.35 bits per heavy atom.